The summed E-state index contributed by atoms with van der Waals surface area (Å²) in [6, 6.07) is 5.71. The molecule has 1 unspecified atom stereocenters. The molecule has 21 heavy (non-hydrogen) atoms. The fraction of sp³-hybridized carbons (Fsp3) is 0.588. The number of likely N-dealkylation sites (tertiary alicyclic amines) is 1. The molecule has 0 radical (unpaired) electrons. The van der Waals surface area contributed by atoms with Crippen molar-refractivity contribution in [2.45, 2.75) is 38.2 Å². The van der Waals surface area contributed by atoms with Crippen LogP contribution in [0, 0.1) is 5.41 Å². The van der Waals surface area contributed by atoms with Crippen LogP contribution in [0.15, 0.2) is 18.2 Å². The Hall–Kier alpha value is -1.55. The molecule has 1 N–H and O–H groups in total. The zero-order valence-electron chi connectivity index (χ0n) is 12.6. The SMILES string of the molecule is CC1(C)COc2ccc(C(=O)N3CC(O)C4(CC4)C3)cc21. The van der Waals surface area contributed by atoms with Crippen LogP contribution in [0.4, 0.5) is 0 Å². The first-order valence-corrected chi connectivity index (χ1v) is 7.66. The second-order valence-electron chi connectivity index (χ2n) is 7.45. The highest BCUT2D eigenvalue weighted by atomic mass is 16.5. The monoisotopic (exact) mass is 287 g/mol. The lowest BCUT2D eigenvalue weighted by molar-refractivity contribution is 0.0764. The van der Waals surface area contributed by atoms with Gasteiger partial charge in [0.05, 0.1) is 12.7 Å². The average Bonchev–Trinajstić information content (AvgIpc) is 3.08. The second-order valence-corrected chi connectivity index (χ2v) is 7.45. The van der Waals surface area contributed by atoms with Crippen molar-refractivity contribution in [3.63, 3.8) is 0 Å². The van der Waals surface area contributed by atoms with Gasteiger partial charge < -0.3 is 14.7 Å². The first-order chi connectivity index (χ1) is 9.91. The van der Waals surface area contributed by atoms with E-state index in [4.69, 9.17) is 4.74 Å². The van der Waals surface area contributed by atoms with Gasteiger partial charge in [0.2, 0.25) is 0 Å². The third-order valence-corrected chi connectivity index (χ3v) is 5.33. The largest absolute Gasteiger partial charge is 0.492 e. The van der Waals surface area contributed by atoms with E-state index in [2.05, 4.69) is 13.8 Å². The zero-order chi connectivity index (χ0) is 14.8. The first kappa shape index (κ1) is 13.1. The molecule has 2 aliphatic heterocycles. The van der Waals surface area contributed by atoms with E-state index in [1.807, 2.05) is 23.1 Å². The van der Waals surface area contributed by atoms with Gasteiger partial charge in [-0.15, -0.1) is 0 Å². The zero-order valence-corrected chi connectivity index (χ0v) is 12.6. The molecular weight excluding hydrogens is 266 g/mol. The molecule has 1 aromatic carbocycles. The molecule has 3 aliphatic rings. The molecule has 1 saturated heterocycles. The van der Waals surface area contributed by atoms with Crippen LogP contribution < -0.4 is 4.74 Å². The van der Waals surface area contributed by atoms with E-state index < -0.39 is 0 Å². The maximum Gasteiger partial charge on any atom is 0.253 e. The number of fused-ring (bicyclic) bond motifs is 1. The number of carbonyl (C=O) groups is 1. The summed E-state index contributed by atoms with van der Waals surface area (Å²) < 4.78 is 5.67. The number of benzene rings is 1. The minimum atomic E-state index is -0.351. The molecular formula is C17H21NO3. The van der Waals surface area contributed by atoms with Gasteiger partial charge in [0.15, 0.2) is 0 Å². The summed E-state index contributed by atoms with van der Waals surface area (Å²) in [5, 5.41) is 10.1. The number of ether oxygens (including phenoxy) is 1. The lowest BCUT2D eigenvalue weighted by Gasteiger charge is -2.19. The summed E-state index contributed by atoms with van der Waals surface area (Å²) in [6.45, 7) is 6.09. The molecule has 112 valence electrons. The lowest BCUT2D eigenvalue weighted by atomic mass is 9.86. The number of carbonyl (C=O) groups excluding carboxylic acids is 1. The Morgan fingerprint density at radius 3 is 2.81 bits per heavy atom. The van der Waals surface area contributed by atoms with Gasteiger partial charge in [0, 0.05) is 35.0 Å². The van der Waals surface area contributed by atoms with Crippen LogP contribution in [0.25, 0.3) is 0 Å². The highest BCUT2D eigenvalue weighted by Crippen LogP contribution is 2.53. The van der Waals surface area contributed by atoms with Crippen LogP contribution in [-0.2, 0) is 5.41 Å². The highest BCUT2D eigenvalue weighted by Gasteiger charge is 2.55. The Kier molecular flexibility index (Phi) is 2.51. The minimum Gasteiger partial charge on any atom is -0.492 e. The van der Waals surface area contributed by atoms with Gasteiger partial charge in [-0.3, -0.25) is 4.79 Å². The number of hydrogen-bond donors (Lipinski definition) is 1. The van der Waals surface area contributed by atoms with E-state index in [-0.39, 0.29) is 22.8 Å². The van der Waals surface area contributed by atoms with Gasteiger partial charge in [0.25, 0.3) is 5.91 Å². The van der Waals surface area contributed by atoms with E-state index >= 15 is 0 Å². The summed E-state index contributed by atoms with van der Waals surface area (Å²) in [5.74, 6) is 0.917. The van der Waals surface area contributed by atoms with Crippen LogP contribution in [0.5, 0.6) is 5.75 Å². The number of amides is 1. The van der Waals surface area contributed by atoms with Crippen LogP contribution in [0.1, 0.15) is 42.6 Å². The quantitative estimate of drug-likeness (QED) is 0.859. The third kappa shape index (κ3) is 1.89. The van der Waals surface area contributed by atoms with Crippen LogP contribution in [-0.4, -0.2) is 41.7 Å². The molecule has 2 heterocycles. The second kappa shape index (κ2) is 4.01. The van der Waals surface area contributed by atoms with Crippen molar-refractivity contribution in [1.82, 2.24) is 4.90 Å². The molecule has 1 atom stereocenters. The molecule has 1 spiro atoms. The smallest absolute Gasteiger partial charge is 0.253 e. The number of nitrogens with zero attached hydrogens (tertiary/aromatic N) is 1. The standard InChI is InChI=1S/C17H21NO3/c1-16(2)10-21-13-4-3-11(7-12(13)16)15(20)18-8-14(19)17(9-18)5-6-17/h3-4,7,14,19H,5-6,8-10H2,1-2H3. The van der Waals surface area contributed by atoms with Crippen molar-refractivity contribution in [2.75, 3.05) is 19.7 Å². The van der Waals surface area contributed by atoms with Crippen LogP contribution >= 0.6 is 0 Å². The Bertz CT molecular complexity index is 618. The maximum absolute atomic E-state index is 12.7. The van der Waals surface area contributed by atoms with Crippen molar-refractivity contribution < 1.29 is 14.6 Å². The van der Waals surface area contributed by atoms with Gasteiger partial charge in [-0.25, -0.2) is 0 Å². The van der Waals surface area contributed by atoms with Gasteiger partial charge in [-0.05, 0) is 31.0 Å². The van der Waals surface area contributed by atoms with E-state index in [0.29, 0.717) is 25.3 Å². The summed E-state index contributed by atoms with van der Waals surface area (Å²) in [7, 11) is 0. The topological polar surface area (TPSA) is 49.8 Å². The van der Waals surface area contributed by atoms with E-state index in [0.717, 1.165) is 24.2 Å². The fourth-order valence-corrected chi connectivity index (χ4v) is 3.60. The van der Waals surface area contributed by atoms with Crippen LogP contribution in [0.2, 0.25) is 0 Å². The molecule has 1 saturated carbocycles. The van der Waals surface area contributed by atoms with Gasteiger partial charge in [-0.2, -0.15) is 0 Å². The summed E-state index contributed by atoms with van der Waals surface area (Å²) in [5.41, 5.74) is 1.77. The van der Waals surface area contributed by atoms with Crippen molar-refractivity contribution in [1.29, 1.82) is 0 Å². The predicted molar refractivity (Wildman–Crippen MR) is 78.5 cm³/mol. The summed E-state index contributed by atoms with van der Waals surface area (Å²) in [6.07, 6.45) is 1.74. The van der Waals surface area contributed by atoms with Crippen molar-refractivity contribution in [2.24, 2.45) is 5.41 Å². The first-order valence-electron chi connectivity index (χ1n) is 7.66. The van der Waals surface area contributed by atoms with E-state index in [9.17, 15) is 9.90 Å². The highest BCUT2D eigenvalue weighted by molar-refractivity contribution is 5.95. The van der Waals surface area contributed by atoms with Gasteiger partial charge >= 0.3 is 0 Å². The number of hydrogen-bond acceptors (Lipinski definition) is 3. The fourth-order valence-electron chi connectivity index (χ4n) is 3.60. The number of β-amino-alcohol motifs (C(OH)–C–C–N with tert-alkyl or cyclic N) is 1. The minimum absolute atomic E-state index is 0.00870. The summed E-state index contributed by atoms with van der Waals surface area (Å²) >= 11 is 0. The van der Waals surface area contributed by atoms with E-state index in [1.165, 1.54) is 0 Å². The maximum atomic E-state index is 12.7. The molecule has 2 fully saturated rings. The lowest BCUT2D eigenvalue weighted by Crippen LogP contribution is -2.30. The van der Waals surface area contributed by atoms with Crippen molar-refractivity contribution >= 4 is 5.91 Å². The number of aliphatic hydroxyl groups excluding tert-OH is 1. The van der Waals surface area contributed by atoms with Crippen LogP contribution in [0.3, 0.4) is 0 Å². The van der Waals surface area contributed by atoms with Gasteiger partial charge in [-0.1, -0.05) is 13.8 Å². The molecule has 1 amide bonds. The number of aliphatic hydroxyl groups is 1. The Morgan fingerprint density at radius 1 is 1.38 bits per heavy atom. The molecule has 4 rings (SSSR count). The molecule has 0 aromatic heterocycles. The molecule has 1 aliphatic carbocycles. The molecule has 4 nitrogen and oxygen atoms in total. The third-order valence-electron chi connectivity index (χ3n) is 5.33. The van der Waals surface area contributed by atoms with Crippen molar-refractivity contribution in [3.8, 4) is 5.75 Å². The predicted octanol–water partition coefficient (Wildman–Crippen LogP) is 1.95. The molecule has 4 heteroatoms. The number of rotatable bonds is 1. The normalized spacial score (nSPS) is 27.6. The Labute approximate surface area is 124 Å². The van der Waals surface area contributed by atoms with Crippen molar-refractivity contribution in [3.05, 3.63) is 29.3 Å². The summed E-state index contributed by atoms with van der Waals surface area (Å²) in [4.78, 5) is 14.5. The molecule has 0 bridgehead atoms. The average molecular weight is 287 g/mol. The molecule has 1 aromatic rings. The van der Waals surface area contributed by atoms with Gasteiger partial charge in [0.1, 0.15) is 5.75 Å². The Balaban J connectivity index is 1.61. The van der Waals surface area contributed by atoms with E-state index in [1.54, 1.807) is 0 Å². The Morgan fingerprint density at radius 2 is 2.14 bits per heavy atom.